The maximum atomic E-state index is 3.84. The van der Waals surface area contributed by atoms with Crippen LogP contribution < -0.4 is 0 Å². The number of rotatable bonds is 4. The van der Waals surface area contributed by atoms with E-state index in [1.165, 1.54) is 30.8 Å². The SMILES string of the molecule is C=C(C)CCC[C](C)C. The second kappa shape index (κ2) is 4.60. The highest BCUT2D eigenvalue weighted by atomic mass is 14.0. The van der Waals surface area contributed by atoms with E-state index in [0.29, 0.717) is 0 Å². The van der Waals surface area contributed by atoms with Crippen molar-refractivity contribution in [1.82, 2.24) is 0 Å². The van der Waals surface area contributed by atoms with Crippen LogP contribution in [0.1, 0.15) is 40.0 Å². The van der Waals surface area contributed by atoms with E-state index < -0.39 is 0 Å². The van der Waals surface area contributed by atoms with Crippen molar-refractivity contribution >= 4 is 0 Å². The van der Waals surface area contributed by atoms with Crippen molar-refractivity contribution in [2.75, 3.05) is 0 Å². The minimum atomic E-state index is 1.19. The minimum absolute atomic E-state index is 1.19. The van der Waals surface area contributed by atoms with Crippen LogP contribution in [0.3, 0.4) is 0 Å². The molecule has 0 aromatic rings. The van der Waals surface area contributed by atoms with Gasteiger partial charge in [0.15, 0.2) is 0 Å². The summed E-state index contributed by atoms with van der Waals surface area (Å²) in [6, 6.07) is 0. The number of hydrogen-bond acceptors (Lipinski definition) is 0. The fraction of sp³-hybridized carbons (Fsp3) is 0.667. The Morgan fingerprint density at radius 1 is 1.11 bits per heavy atom. The quantitative estimate of drug-likeness (QED) is 0.505. The van der Waals surface area contributed by atoms with Gasteiger partial charge in [0.25, 0.3) is 0 Å². The van der Waals surface area contributed by atoms with Gasteiger partial charge in [0.1, 0.15) is 0 Å². The highest BCUT2D eigenvalue weighted by Gasteiger charge is 1.93. The molecule has 0 amide bonds. The van der Waals surface area contributed by atoms with Gasteiger partial charge in [-0.15, -0.1) is 6.58 Å². The van der Waals surface area contributed by atoms with Crippen LogP contribution in [0.15, 0.2) is 12.2 Å². The second-order valence-electron chi connectivity index (χ2n) is 3.02. The van der Waals surface area contributed by atoms with Crippen molar-refractivity contribution in [2.24, 2.45) is 0 Å². The largest absolute Gasteiger partial charge is 0.100 e. The van der Waals surface area contributed by atoms with Gasteiger partial charge >= 0.3 is 0 Å². The predicted molar refractivity (Wildman–Crippen MR) is 43.3 cm³/mol. The molecular weight excluding hydrogens is 108 g/mol. The van der Waals surface area contributed by atoms with Crippen LogP contribution in [0.2, 0.25) is 0 Å². The Morgan fingerprint density at radius 2 is 1.67 bits per heavy atom. The molecule has 0 rings (SSSR count). The van der Waals surface area contributed by atoms with Crippen LogP contribution in [0.5, 0.6) is 0 Å². The molecule has 0 nitrogen and oxygen atoms in total. The zero-order chi connectivity index (χ0) is 7.28. The summed E-state index contributed by atoms with van der Waals surface area (Å²) in [5.41, 5.74) is 1.30. The molecule has 1 radical (unpaired) electrons. The van der Waals surface area contributed by atoms with Gasteiger partial charge < -0.3 is 0 Å². The fourth-order valence-electron chi connectivity index (χ4n) is 0.744. The zero-order valence-corrected chi connectivity index (χ0v) is 6.83. The Morgan fingerprint density at radius 3 is 2.00 bits per heavy atom. The molecule has 0 bridgehead atoms. The maximum Gasteiger partial charge on any atom is -0.0303 e. The van der Waals surface area contributed by atoms with Crippen LogP contribution in [0.4, 0.5) is 0 Å². The molecule has 0 unspecified atom stereocenters. The van der Waals surface area contributed by atoms with Crippen molar-refractivity contribution in [3.63, 3.8) is 0 Å². The molecule has 0 saturated carbocycles. The fourth-order valence-corrected chi connectivity index (χ4v) is 0.744. The third-order valence-electron chi connectivity index (χ3n) is 1.28. The lowest BCUT2D eigenvalue weighted by Gasteiger charge is -2.01. The van der Waals surface area contributed by atoms with Gasteiger partial charge in [0.2, 0.25) is 0 Å². The van der Waals surface area contributed by atoms with E-state index in [0.717, 1.165) is 0 Å². The van der Waals surface area contributed by atoms with E-state index >= 15 is 0 Å². The topological polar surface area (TPSA) is 0 Å². The molecular formula is C9H17. The van der Waals surface area contributed by atoms with Crippen LogP contribution in [0.25, 0.3) is 0 Å². The zero-order valence-electron chi connectivity index (χ0n) is 6.83. The highest BCUT2D eigenvalue weighted by Crippen LogP contribution is 2.10. The van der Waals surface area contributed by atoms with Crippen LogP contribution in [0, 0.1) is 5.92 Å². The monoisotopic (exact) mass is 125 g/mol. The molecule has 0 aliphatic rings. The summed E-state index contributed by atoms with van der Waals surface area (Å²) in [6.45, 7) is 10.3. The average Bonchev–Trinajstić information content (AvgIpc) is 1.63. The summed E-state index contributed by atoms with van der Waals surface area (Å²) >= 11 is 0. The first kappa shape index (κ1) is 8.74. The van der Waals surface area contributed by atoms with Crippen molar-refractivity contribution in [2.45, 2.75) is 40.0 Å². The Hall–Kier alpha value is -0.260. The van der Waals surface area contributed by atoms with Gasteiger partial charge in [-0.25, -0.2) is 0 Å². The normalized spacial score (nSPS) is 10.2. The van der Waals surface area contributed by atoms with Crippen molar-refractivity contribution < 1.29 is 0 Å². The summed E-state index contributed by atoms with van der Waals surface area (Å²) in [4.78, 5) is 0. The van der Waals surface area contributed by atoms with Gasteiger partial charge in [-0.3, -0.25) is 0 Å². The first-order chi connectivity index (χ1) is 4.13. The molecule has 0 spiro atoms. The Bertz CT molecular complexity index is 80.0. The van der Waals surface area contributed by atoms with Crippen LogP contribution >= 0.6 is 0 Å². The molecule has 0 fully saturated rings. The van der Waals surface area contributed by atoms with Crippen LogP contribution in [-0.2, 0) is 0 Å². The highest BCUT2D eigenvalue weighted by molar-refractivity contribution is 4.89. The third-order valence-corrected chi connectivity index (χ3v) is 1.28. The Balaban J connectivity index is 3.01. The van der Waals surface area contributed by atoms with E-state index in [1.54, 1.807) is 0 Å². The van der Waals surface area contributed by atoms with Gasteiger partial charge in [-0.1, -0.05) is 19.4 Å². The molecule has 9 heavy (non-hydrogen) atoms. The molecule has 53 valence electrons. The van der Waals surface area contributed by atoms with Gasteiger partial charge in [0.05, 0.1) is 0 Å². The summed E-state index contributed by atoms with van der Waals surface area (Å²) in [6.07, 6.45) is 3.72. The van der Waals surface area contributed by atoms with Crippen molar-refractivity contribution in [1.29, 1.82) is 0 Å². The summed E-state index contributed by atoms with van der Waals surface area (Å²) in [7, 11) is 0. The van der Waals surface area contributed by atoms with E-state index in [-0.39, 0.29) is 0 Å². The van der Waals surface area contributed by atoms with Crippen molar-refractivity contribution in [3.8, 4) is 0 Å². The first-order valence-electron chi connectivity index (χ1n) is 3.56. The smallest absolute Gasteiger partial charge is 0.0303 e. The minimum Gasteiger partial charge on any atom is -0.100 e. The first-order valence-corrected chi connectivity index (χ1v) is 3.56. The third kappa shape index (κ3) is 7.74. The van der Waals surface area contributed by atoms with E-state index in [1.807, 2.05) is 0 Å². The van der Waals surface area contributed by atoms with Gasteiger partial charge in [-0.2, -0.15) is 0 Å². The average molecular weight is 125 g/mol. The number of hydrogen-bond donors (Lipinski definition) is 0. The molecule has 0 aliphatic carbocycles. The second-order valence-corrected chi connectivity index (χ2v) is 3.02. The Kier molecular flexibility index (Phi) is 4.47. The Labute approximate surface area is 59.0 Å². The van der Waals surface area contributed by atoms with E-state index in [2.05, 4.69) is 27.4 Å². The standard InChI is InChI=1S/C9H17/c1-8(2)6-5-7-9(3)4/h1,5-7H2,2-4H3. The molecule has 0 aromatic carbocycles. The van der Waals surface area contributed by atoms with Crippen molar-refractivity contribution in [3.05, 3.63) is 18.1 Å². The lowest BCUT2D eigenvalue weighted by atomic mass is 10.0. The van der Waals surface area contributed by atoms with Gasteiger partial charge in [0, 0.05) is 0 Å². The van der Waals surface area contributed by atoms with E-state index in [4.69, 9.17) is 0 Å². The number of allylic oxidation sites excluding steroid dienone is 1. The van der Waals surface area contributed by atoms with E-state index in [9.17, 15) is 0 Å². The summed E-state index contributed by atoms with van der Waals surface area (Å²) in [5, 5.41) is 0. The molecule has 0 heterocycles. The lowest BCUT2D eigenvalue weighted by molar-refractivity contribution is 0.743. The lowest BCUT2D eigenvalue weighted by Crippen LogP contribution is -1.84. The molecule has 0 saturated heterocycles. The summed E-state index contributed by atoms with van der Waals surface area (Å²) < 4.78 is 0. The summed E-state index contributed by atoms with van der Waals surface area (Å²) in [5.74, 6) is 1.52. The molecule has 0 heteroatoms. The molecule has 0 N–H and O–H groups in total. The van der Waals surface area contributed by atoms with Crippen LogP contribution in [-0.4, -0.2) is 0 Å². The molecule has 0 aliphatic heterocycles. The molecule has 0 aromatic heterocycles. The van der Waals surface area contributed by atoms with Gasteiger partial charge in [-0.05, 0) is 32.1 Å². The maximum absolute atomic E-state index is 3.84. The molecule has 0 atom stereocenters. The predicted octanol–water partition coefficient (Wildman–Crippen LogP) is 3.35.